The van der Waals surface area contributed by atoms with E-state index in [-0.39, 0.29) is 0 Å². The lowest BCUT2D eigenvalue weighted by atomic mass is 10.2. The molecule has 0 heterocycles. The van der Waals surface area contributed by atoms with Crippen LogP contribution in [0.15, 0.2) is 45.3 Å². The van der Waals surface area contributed by atoms with Gasteiger partial charge in [0.1, 0.15) is 5.75 Å². The fourth-order valence-corrected chi connectivity index (χ4v) is 3.66. The van der Waals surface area contributed by atoms with Crippen molar-refractivity contribution in [3.63, 3.8) is 0 Å². The molecule has 1 N–H and O–H groups in total. The highest BCUT2D eigenvalue weighted by atomic mass is 79.9. The van der Waals surface area contributed by atoms with Crippen molar-refractivity contribution in [1.82, 2.24) is 5.32 Å². The molecular weight excluding hydrogens is 417 g/mol. The topological polar surface area (TPSA) is 21.3 Å². The van der Waals surface area contributed by atoms with Crippen LogP contribution in [0.1, 0.15) is 18.1 Å². The van der Waals surface area contributed by atoms with Crippen LogP contribution in [0.5, 0.6) is 5.75 Å². The Morgan fingerprint density at radius 2 is 1.81 bits per heavy atom. The standard InChI is InChI=1S/C16H16Br2ClNO/c1-2-21-16-12(7-13(17)8-14(16)18)10-20-9-11-5-3-4-6-15(11)19/h3-8,20H,2,9-10H2,1H3. The molecular formula is C16H16Br2ClNO. The zero-order valence-electron chi connectivity index (χ0n) is 11.6. The van der Waals surface area contributed by atoms with Gasteiger partial charge in [0.15, 0.2) is 0 Å². The molecule has 0 atom stereocenters. The molecule has 2 aromatic carbocycles. The van der Waals surface area contributed by atoms with Crippen molar-refractivity contribution in [3.8, 4) is 5.75 Å². The number of halogens is 3. The summed E-state index contributed by atoms with van der Waals surface area (Å²) in [5, 5.41) is 4.19. The van der Waals surface area contributed by atoms with Crippen molar-refractivity contribution in [2.45, 2.75) is 20.0 Å². The Balaban J connectivity index is 2.07. The summed E-state index contributed by atoms with van der Waals surface area (Å²) in [7, 11) is 0. The van der Waals surface area contributed by atoms with E-state index < -0.39 is 0 Å². The van der Waals surface area contributed by atoms with E-state index in [2.05, 4.69) is 43.2 Å². The van der Waals surface area contributed by atoms with Crippen LogP contribution in [0.2, 0.25) is 5.02 Å². The smallest absolute Gasteiger partial charge is 0.138 e. The zero-order chi connectivity index (χ0) is 15.2. The van der Waals surface area contributed by atoms with Gasteiger partial charge in [0, 0.05) is 28.1 Å². The normalized spacial score (nSPS) is 10.7. The van der Waals surface area contributed by atoms with Gasteiger partial charge in [-0.3, -0.25) is 0 Å². The molecule has 0 aliphatic heterocycles. The molecule has 0 aliphatic carbocycles. The second-order valence-electron chi connectivity index (χ2n) is 4.50. The molecule has 0 bridgehead atoms. The van der Waals surface area contributed by atoms with E-state index in [4.69, 9.17) is 16.3 Å². The van der Waals surface area contributed by atoms with Gasteiger partial charge in [-0.25, -0.2) is 0 Å². The van der Waals surface area contributed by atoms with Crippen LogP contribution in [0.25, 0.3) is 0 Å². The lowest BCUT2D eigenvalue weighted by Gasteiger charge is -2.14. The SMILES string of the molecule is CCOc1c(Br)cc(Br)cc1CNCc1ccccc1Cl. The molecule has 0 saturated heterocycles. The maximum Gasteiger partial charge on any atom is 0.138 e. The summed E-state index contributed by atoms with van der Waals surface area (Å²) in [4.78, 5) is 0. The van der Waals surface area contributed by atoms with E-state index in [1.807, 2.05) is 37.3 Å². The third-order valence-electron chi connectivity index (χ3n) is 2.96. The summed E-state index contributed by atoms with van der Waals surface area (Å²) < 4.78 is 7.69. The molecule has 0 aliphatic rings. The average Bonchev–Trinajstić information content (AvgIpc) is 2.44. The predicted octanol–water partition coefficient (Wildman–Crippen LogP) is 5.55. The third-order valence-corrected chi connectivity index (χ3v) is 4.38. The maximum atomic E-state index is 6.16. The van der Waals surface area contributed by atoms with E-state index in [1.54, 1.807) is 0 Å². The van der Waals surface area contributed by atoms with E-state index in [0.717, 1.165) is 37.4 Å². The second kappa shape index (κ2) is 8.18. The Labute approximate surface area is 147 Å². The molecule has 5 heteroatoms. The van der Waals surface area contributed by atoms with Gasteiger partial charge in [0.2, 0.25) is 0 Å². The quantitative estimate of drug-likeness (QED) is 0.645. The van der Waals surface area contributed by atoms with Gasteiger partial charge in [0.05, 0.1) is 11.1 Å². The molecule has 0 unspecified atom stereocenters. The van der Waals surface area contributed by atoms with Gasteiger partial charge in [-0.2, -0.15) is 0 Å². The van der Waals surface area contributed by atoms with Crippen molar-refractivity contribution in [2.75, 3.05) is 6.61 Å². The highest BCUT2D eigenvalue weighted by Crippen LogP contribution is 2.33. The van der Waals surface area contributed by atoms with Crippen molar-refractivity contribution in [2.24, 2.45) is 0 Å². The minimum atomic E-state index is 0.637. The van der Waals surface area contributed by atoms with Gasteiger partial charge >= 0.3 is 0 Å². The van der Waals surface area contributed by atoms with Crippen LogP contribution in [0.3, 0.4) is 0 Å². The molecule has 21 heavy (non-hydrogen) atoms. The first kappa shape index (κ1) is 16.8. The van der Waals surface area contributed by atoms with Gasteiger partial charge in [-0.1, -0.05) is 45.7 Å². The lowest BCUT2D eigenvalue weighted by molar-refractivity contribution is 0.333. The molecule has 112 valence electrons. The van der Waals surface area contributed by atoms with Crippen LogP contribution < -0.4 is 10.1 Å². The molecule has 0 saturated carbocycles. The lowest BCUT2D eigenvalue weighted by Crippen LogP contribution is -2.14. The Bertz CT molecular complexity index is 619. The van der Waals surface area contributed by atoms with Gasteiger partial charge in [0.25, 0.3) is 0 Å². The maximum absolute atomic E-state index is 6.16. The molecule has 2 aromatic rings. The highest BCUT2D eigenvalue weighted by molar-refractivity contribution is 9.11. The van der Waals surface area contributed by atoms with Crippen LogP contribution >= 0.6 is 43.5 Å². The van der Waals surface area contributed by atoms with E-state index in [9.17, 15) is 0 Å². The van der Waals surface area contributed by atoms with Crippen molar-refractivity contribution < 1.29 is 4.74 Å². The molecule has 0 spiro atoms. The van der Waals surface area contributed by atoms with Gasteiger partial charge in [-0.15, -0.1) is 0 Å². The summed E-state index contributed by atoms with van der Waals surface area (Å²) >= 11 is 13.2. The van der Waals surface area contributed by atoms with Crippen LogP contribution in [-0.4, -0.2) is 6.61 Å². The Morgan fingerprint density at radius 1 is 1.10 bits per heavy atom. The van der Waals surface area contributed by atoms with Crippen molar-refractivity contribution >= 4 is 43.5 Å². The fraction of sp³-hybridized carbons (Fsp3) is 0.250. The number of nitrogens with one attached hydrogen (secondary N) is 1. The average molecular weight is 434 g/mol. The highest BCUT2D eigenvalue weighted by Gasteiger charge is 2.10. The molecule has 0 aromatic heterocycles. The molecule has 0 amide bonds. The minimum Gasteiger partial charge on any atom is -0.492 e. The van der Waals surface area contributed by atoms with Crippen LogP contribution in [-0.2, 0) is 13.1 Å². The van der Waals surface area contributed by atoms with E-state index in [1.165, 1.54) is 0 Å². The van der Waals surface area contributed by atoms with Gasteiger partial charge < -0.3 is 10.1 Å². The predicted molar refractivity (Wildman–Crippen MR) is 95.0 cm³/mol. The van der Waals surface area contributed by atoms with Crippen LogP contribution in [0, 0.1) is 0 Å². The molecule has 2 nitrogen and oxygen atoms in total. The Hall–Kier alpha value is -0.550. The Kier molecular flexibility index (Phi) is 6.55. The van der Waals surface area contributed by atoms with E-state index >= 15 is 0 Å². The number of ether oxygens (including phenoxy) is 1. The number of hydrogen-bond acceptors (Lipinski definition) is 2. The number of hydrogen-bond donors (Lipinski definition) is 1. The van der Waals surface area contributed by atoms with Crippen molar-refractivity contribution in [3.05, 3.63) is 61.5 Å². The third kappa shape index (κ3) is 4.71. The minimum absolute atomic E-state index is 0.637. The first-order valence-electron chi connectivity index (χ1n) is 6.66. The molecule has 0 radical (unpaired) electrons. The first-order chi connectivity index (χ1) is 10.1. The number of rotatable bonds is 6. The monoisotopic (exact) mass is 431 g/mol. The first-order valence-corrected chi connectivity index (χ1v) is 8.63. The molecule has 0 fully saturated rings. The largest absolute Gasteiger partial charge is 0.492 e. The molecule has 2 rings (SSSR count). The Morgan fingerprint density at radius 3 is 2.52 bits per heavy atom. The van der Waals surface area contributed by atoms with Crippen LogP contribution in [0.4, 0.5) is 0 Å². The second-order valence-corrected chi connectivity index (χ2v) is 6.68. The summed E-state index contributed by atoms with van der Waals surface area (Å²) in [6.07, 6.45) is 0. The zero-order valence-corrected chi connectivity index (χ0v) is 15.6. The fourth-order valence-electron chi connectivity index (χ4n) is 2.02. The summed E-state index contributed by atoms with van der Waals surface area (Å²) in [6, 6.07) is 11.9. The van der Waals surface area contributed by atoms with E-state index in [0.29, 0.717) is 13.2 Å². The number of benzene rings is 2. The van der Waals surface area contributed by atoms with Crippen molar-refractivity contribution in [1.29, 1.82) is 0 Å². The summed E-state index contributed by atoms with van der Waals surface area (Å²) in [5.41, 5.74) is 2.19. The summed E-state index contributed by atoms with van der Waals surface area (Å²) in [5.74, 6) is 0.882. The van der Waals surface area contributed by atoms with Gasteiger partial charge in [-0.05, 0) is 46.6 Å². The summed E-state index contributed by atoms with van der Waals surface area (Å²) in [6.45, 7) is 4.04.